The van der Waals surface area contributed by atoms with Crippen molar-refractivity contribution < 1.29 is 24.4 Å². The molecule has 1 amide bonds. The van der Waals surface area contributed by atoms with Gasteiger partial charge in [-0.05, 0) is 56.0 Å². The van der Waals surface area contributed by atoms with E-state index in [4.69, 9.17) is 4.74 Å². The van der Waals surface area contributed by atoms with Crippen molar-refractivity contribution in [3.63, 3.8) is 0 Å². The number of amides is 1. The van der Waals surface area contributed by atoms with Crippen LogP contribution in [0, 0.1) is 16.0 Å². The lowest BCUT2D eigenvalue weighted by Crippen LogP contribution is -2.40. The summed E-state index contributed by atoms with van der Waals surface area (Å²) in [4.78, 5) is 36.7. The highest BCUT2D eigenvalue weighted by atomic mass is 16.6. The number of anilines is 1. The maximum absolute atomic E-state index is 13.3. The number of carboxylic acid groups (broad SMARTS) is 1. The third-order valence-corrected chi connectivity index (χ3v) is 4.90. The molecule has 28 heavy (non-hydrogen) atoms. The molecule has 0 aliphatic heterocycles. The molecule has 3 rings (SSSR count). The number of nitrogens with zero attached hydrogens (tertiary/aromatic N) is 2. The van der Waals surface area contributed by atoms with Gasteiger partial charge in [-0.3, -0.25) is 14.9 Å². The first-order chi connectivity index (χ1) is 13.3. The molecular weight excluding hydrogens is 364 g/mol. The Morgan fingerprint density at radius 3 is 2.29 bits per heavy atom. The summed E-state index contributed by atoms with van der Waals surface area (Å²) in [6.45, 7) is 1.93. The van der Waals surface area contributed by atoms with E-state index in [-0.39, 0.29) is 17.2 Å². The number of ether oxygens (including phenoxy) is 1. The standard InChI is InChI=1S/C20H20N2O6/c1-12(13-3-4-13)21(16-5-7-18(28-2)8-6-16)19(23)14-9-15(20(24)25)11-17(10-14)22(26)27/h5-13H,3-4H2,1-2H3,(H,24,25). The quantitative estimate of drug-likeness (QED) is 0.575. The Bertz CT molecular complexity index is 889. The number of carboxylic acids is 1. The summed E-state index contributed by atoms with van der Waals surface area (Å²) in [6, 6.07) is 10.0. The topological polar surface area (TPSA) is 110 Å². The number of methoxy groups -OCH3 is 1. The SMILES string of the molecule is COc1ccc(N(C(=O)c2cc(C(=O)O)cc([N+](=O)[O-])c2)C(C)C2CC2)cc1. The maximum Gasteiger partial charge on any atom is 0.335 e. The minimum Gasteiger partial charge on any atom is -0.497 e. The molecule has 0 heterocycles. The number of carbonyl (C=O) groups is 2. The lowest BCUT2D eigenvalue weighted by Gasteiger charge is -2.30. The van der Waals surface area contributed by atoms with Gasteiger partial charge in [-0.1, -0.05) is 0 Å². The average molecular weight is 384 g/mol. The minimum absolute atomic E-state index is 0.0325. The number of rotatable bonds is 7. The van der Waals surface area contributed by atoms with Crippen molar-refractivity contribution in [3.05, 3.63) is 63.7 Å². The van der Waals surface area contributed by atoms with Crippen LogP contribution in [0.3, 0.4) is 0 Å². The van der Waals surface area contributed by atoms with Gasteiger partial charge < -0.3 is 14.7 Å². The normalized spacial score (nSPS) is 14.2. The van der Waals surface area contributed by atoms with Crippen molar-refractivity contribution in [2.45, 2.75) is 25.8 Å². The van der Waals surface area contributed by atoms with Gasteiger partial charge in [0.25, 0.3) is 11.6 Å². The molecule has 0 radical (unpaired) electrons. The van der Waals surface area contributed by atoms with E-state index in [0.717, 1.165) is 25.0 Å². The number of hydrogen-bond acceptors (Lipinski definition) is 5. The molecule has 1 aliphatic carbocycles. The van der Waals surface area contributed by atoms with Crippen LogP contribution in [0.2, 0.25) is 0 Å². The average Bonchev–Trinajstić information content (AvgIpc) is 3.53. The predicted octanol–water partition coefficient (Wildman–Crippen LogP) is 3.75. The van der Waals surface area contributed by atoms with Crippen LogP contribution in [0.25, 0.3) is 0 Å². The Kier molecular flexibility index (Phi) is 5.30. The second-order valence-electron chi connectivity index (χ2n) is 6.78. The zero-order valence-corrected chi connectivity index (χ0v) is 15.5. The minimum atomic E-state index is -1.33. The molecule has 1 saturated carbocycles. The van der Waals surface area contributed by atoms with Gasteiger partial charge >= 0.3 is 5.97 Å². The highest BCUT2D eigenvalue weighted by Gasteiger charge is 2.36. The van der Waals surface area contributed by atoms with Crippen LogP contribution in [-0.4, -0.2) is 35.1 Å². The van der Waals surface area contributed by atoms with E-state index >= 15 is 0 Å². The molecule has 1 aliphatic rings. The number of nitro groups is 1. The molecule has 2 aromatic rings. The highest BCUT2D eigenvalue weighted by molar-refractivity contribution is 6.08. The van der Waals surface area contributed by atoms with Crippen LogP contribution < -0.4 is 9.64 Å². The Hall–Kier alpha value is -3.42. The number of nitro benzene ring substituents is 1. The van der Waals surface area contributed by atoms with Crippen molar-refractivity contribution >= 4 is 23.3 Å². The van der Waals surface area contributed by atoms with Gasteiger partial charge in [0.15, 0.2) is 0 Å². The fourth-order valence-electron chi connectivity index (χ4n) is 3.17. The molecule has 1 atom stereocenters. The summed E-state index contributed by atoms with van der Waals surface area (Å²) in [7, 11) is 1.54. The molecule has 1 unspecified atom stereocenters. The third-order valence-electron chi connectivity index (χ3n) is 4.90. The molecule has 146 valence electrons. The zero-order chi connectivity index (χ0) is 20.4. The molecule has 8 nitrogen and oxygen atoms in total. The second kappa shape index (κ2) is 7.67. The summed E-state index contributed by atoms with van der Waals surface area (Å²) in [5, 5.41) is 20.4. The van der Waals surface area contributed by atoms with Crippen LogP contribution in [0.15, 0.2) is 42.5 Å². The van der Waals surface area contributed by atoms with E-state index in [1.54, 1.807) is 36.3 Å². The van der Waals surface area contributed by atoms with Gasteiger partial charge in [0.05, 0.1) is 17.6 Å². The number of aromatic carboxylic acids is 1. The van der Waals surface area contributed by atoms with Gasteiger partial charge in [0.1, 0.15) is 5.75 Å². The summed E-state index contributed by atoms with van der Waals surface area (Å²) in [5.74, 6) is -0.831. The van der Waals surface area contributed by atoms with E-state index < -0.39 is 22.5 Å². The summed E-state index contributed by atoms with van der Waals surface area (Å²) < 4.78 is 5.15. The molecule has 0 saturated heterocycles. The fourth-order valence-corrected chi connectivity index (χ4v) is 3.17. The first-order valence-corrected chi connectivity index (χ1v) is 8.82. The largest absolute Gasteiger partial charge is 0.497 e. The molecule has 8 heteroatoms. The molecule has 1 N–H and O–H groups in total. The Morgan fingerprint density at radius 1 is 1.18 bits per heavy atom. The molecule has 0 bridgehead atoms. The Morgan fingerprint density at radius 2 is 1.79 bits per heavy atom. The Labute approximate surface area is 161 Å². The van der Waals surface area contributed by atoms with E-state index in [9.17, 15) is 24.8 Å². The van der Waals surface area contributed by atoms with Crippen LogP contribution in [-0.2, 0) is 0 Å². The van der Waals surface area contributed by atoms with E-state index in [1.165, 1.54) is 6.07 Å². The maximum atomic E-state index is 13.3. The smallest absolute Gasteiger partial charge is 0.335 e. The van der Waals surface area contributed by atoms with Crippen LogP contribution >= 0.6 is 0 Å². The molecule has 0 aromatic heterocycles. The second-order valence-corrected chi connectivity index (χ2v) is 6.78. The fraction of sp³-hybridized carbons (Fsp3) is 0.300. The highest BCUT2D eigenvalue weighted by Crippen LogP contribution is 2.38. The van der Waals surface area contributed by atoms with Crippen molar-refractivity contribution in [1.29, 1.82) is 0 Å². The number of carbonyl (C=O) groups excluding carboxylic acids is 1. The Balaban J connectivity index is 2.05. The van der Waals surface area contributed by atoms with Crippen molar-refractivity contribution in [2.24, 2.45) is 5.92 Å². The van der Waals surface area contributed by atoms with E-state index in [1.807, 2.05) is 6.92 Å². The number of hydrogen-bond donors (Lipinski definition) is 1. The molecule has 2 aromatic carbocycles. The van der Waals surface area contributed by atoms with Gasteiger partial charge in [-0.15, -0.1) is 0 Å². The summed E-state index contributed by atoms with van der Waals surface area (Å²) >= 11 is 0. The summed E-state index contributed by atoms with van der Waals surface area (Å²) in [5.41, 5.74) is -0.146. The van der Waals surface area contributed by atoms with Gasteiger partial charge in [-0.2, -0.15) is 0 Å². The van der Waals surface area contributed by atoms with E-state index in [0.29, 0.717) is 17.4 Å². The zero-order valence-electron chi connectivity index (χ0n) is 15.5. The first-order valence-electron chi connectivity index (χ1n) is 8.82. The first kappa shape index (κ1) is 19.3. The van der Waals surface area contributed by atoms with Gasteiger partial charge in [-0.25, -0.2) is 4.79 Å². The molecule has 1 fully saturated rings. The number of benzene rings is 2. The van der Waals surface area contributed by atoms with Crippen LogP contribution in [0.5, 0.6) is 5.75 Å². The monoisotopic (exact) mass is 384 g/mol. The van der Waals surface area contributed by atoms with E-state index in [2.05, 4.69) is 0 Å². The van der Waals surface area contributed by atoms with Crippen molar-refractivity contribution in [3.8, 4) is 5.75 Å². The van der Waals surface area contributed by atoms with Crippen LogP contribution in [0.4, 0.5) is 11.4 Å². The lowest BCUT2D eigenvalue weighted by molar-refractivity contribution is -0.384. The predicted molar refractivity (Wildman–Crippen MR) is 102 cm³/mol. The third kappa shape index (κ3) is 3.95. The molecular formula is C20H20N2O6. The molecule has 0 spiro atoms. The van der Waals surface area contributed by atoms with Gasteiger partial charge in [0, 0.05) is 29.4 Å². The lowest BCUT2D eigenvalue weighted by atomic mass is 10.0. The summed E-state index contributed by atoms with van der Waals surface area (Å²) in [6.07, 6.45) is 1.99. The van der Waals surface area contributed by atoms with Crippen molar-refractivity contribution in [1.82, 2.24) is 0 Å². The van der Waals surface area contributed by atoms with Crippen molar-refractivity contribution in [2.75, 3.05) is 12.0 Å². The number of non-ortho nitro benzene ring substituents is 1. The van der Waals surface area contributed by atoms with Gasteiger partial charge in [0.2, 0.25) is 0 Å². The van der Waals surface area contributed by atoms with Crippen LogP contribution in [0.1, 0.15) is 40.5 Å².